The summed E-state index contributed by atoms with van der Waals surface area (Å²) in [6, 6.07) is 0. The molecule has 0 aliphatic heterocycles. The average Bonchev–Trinajstić information content (AvgIpc) is 3.06. The number of unbranched alkanes of at least 4 members (excludes halogenated alkanes) is 3. The summed E-state index contributed by atoms with van der Waals surface area (Å²) in [5.41, 5.74) is 3.05. The number of carbonyl (C=O) groups is 1. The van der Waals surface area contributed by atoms with Gasteiger partial charge in [0.1, 0.15) is 0 Å². The number of carboxylic acid groups (broad SMARTS) is 1. The highest BCUT2D eigenvalue weighted by atomic mass is 16.4. The van der Waals surface area contributed by atoms with Crippen LogP contribution < -0.4 is 5.73 Å². The van der Waals surface area contributed by atoms with Crippen molar-refractivity contribution < 1.29 is 40.5 Å². The molecule has 200 valence electrons. The highest BCUT2D eigenvalue weighted by Gasteiger charge is 2.39. The van der Waals surface area contributed by atoms with Crippen molar-refractivity contribution in [2.24, 2.45) is 17.6 Å². The molecule has 9 nitrogen and oxygen atoms in total. The third-order valence-electron chi connectivity index (χ3n) is 6.16. The summed E-state index contributed by atoms with van der Waals surface area (Å²) in [5.74, 6) is -1.04. The van der Waals surface area contributed by atoms with Gasteiger partial charge in [0.2, 0.25) is 0 Å². The average molecular weight is 490 g/mol. The second-order valence-electron chi connectivity index (χ2n) is 9.61. The van der Waals surface area contributed by atoms with Gasteiger partial charge in [-0.3, -0.25) is 4.79 Å². The fourth-order valence-corrected chi connectivity index (χ4v) is 3.73. The zero-order chi connectivity index (χ0) is 26.2. The number of carboxylic acids is 1. The van der Waals surface area contributed by atoms with E-state index in [2.05, 4.69) is 6.92 Å². The largest absolute Gasteiger partial charge is 0.481 e. The maximum Gasteiger partial charge on any atom is 0.303 e. The van der Waals surface area contributed by atoms with Crippen LogP contribution in [0.1, 0.15) is 71.6 Å². The van der Waals surface area contributed by atoms with E-state index in [9.17, 15) is 20.1 Å². The topological polar surface area (TPSA) is 185 Å². The monoisotopic (exact) mass is 489 g/mol. The molecule has 1 fully saturated rings. The molecule has 0 aromatic carbocycles. The van der Waals surface area contributed by atoms with Crippen LogP contribution in [0.2, 0.25) is 0 Å². The van der Waals surface area contributed by atoms with Crippen LogP contribution in [0.3, 0.4) is 0 Å². The molecule has 0 amide bonds. The molecule has 9 N–H and O–H groups in total. The Morgan fingerprint density at radius 2 is 1.65 bits per heavy atom. The zero-order valence-electron chi connectivity index (χ0n) is 20.7. The summed E-state index contributed by atoms with van der Waals surface area (Å²) in [6.45, 7) is 2.70. The van der Waals surface area contributed by atoms with Gasteiger partial charge in [-0.2, -0.15) is 0 Å². The minimum absolute atomic E-state index is 0.0802. The lowest BCUT2D eigenvalue weighted by Crippen LogP contribution is -2.50. The van der Waals surface area contributed by atoms with Crippen LogP contribution >= 0.6 is 0 Å². The number of nitrogens with two attached hydrogens (primary N) is 1. The SMILES string of the molecule is CCCCC[C@@](C)(O)/C=C/[C@@H]1[C@@H](C/C=C/CCCC(=O)O)[C@@H](O)C[C@H]1O.NC(CO)(CO)CO. The lowest BCUT2D eigenvalue weighted by Gasteiger charge is -2.23. The first-order valence-electron chi connectivity index (χ1n) is 12.2. The Balaban J connectivity index is 0.00000116. The number of aliphatic hydroxyl groups excluding tert-OH is 5. The van der Waals surface area contributed by atoms with E-state index >= 15 is 0 Å². The maximum atomic E-state index is 10.5. The Kier molecular flexibility index (Phi) is 16.5. The summed E-state index contributed by atoms with van der Waals surface area (Å²) < 4.78 is 0. The van der Waals surface area contributed by atoms with Gasteiger partial charge in [0, 0.05) is 18.8 Å². The van der Waals surface area contributed by atoms with E-state index in [1.807, 2.05) is 18.2 Å². The van der Waals surface area contributed by atoms with E-state index in [0.29, 0.717) is 32.1 Å². The second-order valence-corrected chi connectivity index (χ2v) is 9.61. The molecular formula is C25H47NO8. The normalized spacial score (nSPS) is 24.9. The predicted molar refractivity (Wildman–Crippen MR) is 131 cm³/mol. The minimum Gasteiger partial charge on any atom is -0.481 e. The molecule has 1 aliphatic carbocycles. The molecule has 0 aromatic rings. The smallest absolute Gasteiger partial charge is 0.303 e. The van der Waals surface area contributed by atoms with Gasteiger partial charge >= 0.3 is 5.97 Å². The summed E-state index contributed by atoms with van der Waals surface area (Å²) in [5, 5.41) is 64.6. The predicted octanol–water partition coefficient (Wildman–Crippen LogP) is 1.09. The third-order valence-corrected chi connectivity index (χ3v) is 6.16. The van der Waals surface area contributed by atoms with Crippen molar-refractivity contribution in [2.45, 2.75) is 95.0 Å². The first-order valence-corrected chi connectivity index (χ1v) is 12.2. The van der Waals surface area contributed by atoms with E-state index in [1.165, 1.54) is 0 Å². The Labute approximate surface area is 203 Å². The molecule has 34 heavy (non-hydrogen) atoms. The van der Waals surface area contributed by atoms with E-state index in [4.69, 9.17) is 26.2 Å². The standard InChI is InChI=1S/C21H36O5.C4H11NO3/c1-3-4-9-13-21(2,26)14-12-17-16(18(22)15-19(17)23)10-7-5-6-8-11-20(24)25;5-4(1-6,2-7)3-8/h5,7,12,14,16-19,22-23,26H,3-4,6,8-11,13,15H2,1-2H3,(H,24,25);6-8H,1-3,5H2/b7-5+,14-12+;/t16-,17-,18+,19-,21-;/m1./s1. The van der Waals surface area contributed by atoms with E-state index in [0.717, 1.165) is 19.3 Å². The van der Waals surface area contributed by atoms with E-state index in [1.54, 1.807) is 13.0 Å². The van der Waals surface area contributed by atoms with Crippen LogP contribution in [-0.2, 0) is 4.79 Å². The van der Waals surface area contributed by atoms with E-state index in [-0.39, 0.29) is 18.3 Å². The maximum absolute atomic E-state index is 10.5. The van der Waals surface area contributed by atoms with Crippen molar-refractivity contribution in [1.29, 1.82) is 0 Å². The highest BCUT2D eigenvalue weighted by molar-refractivity contribution is 5.66. The number of allylic oxidation sites excluding steroid dienone is 2. The molecule has 0 spiro atoms. The van der Waals surface area contributed by atoms with Gasteiger partial charge in [-0.05, 0) is 38.5 Å². The number of rotatable bonds is 15. The fraction of sp³-hybridized carbons (Fsp3) is 0.800. The highest BCUT2D eigenvalue weighted by Crippen LogP contribution is 2.37. The first-order chi connectivity index (χ1) is 15.9. The fourth-order valence-electron chi connectivity index (χ4n) is 3.73. The zero-order valence-corrected chi connectivity index (χ0v) is 20.7. The minimum atomic E-state index is -1.21. The molecule has 0 bridgehead atoms. The van der Waals surface area contributed by atoms with Crippen LogP contribution in [0.15, 0.2) is 24.3 Å². The van der Waals surface area contributed by atoms with Crippen LogP contribution in [-0.4, -0.2) is 84.9 Å². The molecule has 1 saturated carbocycles. The van der Waals surface area contributed by atoms with E-state index < -0.39 is 49.1 Å². The Morgan fingerprint density at radius 1 is 1.03 bits per heavy atom. The molecule has 0 aromatic heterocycles. The number of aliphatic carboxylic acids is 1. The van der Waals surface area contributed by atoms with Gasteiger partial charge in [-0.1, -0.05) is 50.5 Å². The van der Waals surface area contributed by atoms with Gasteiger partial charge in [-0.15, -0.1) is 0 Å². The Morgan fingerprint density at radius 3 is 2.15 bits per heavy atom. The van der Waals surface area contributed by atoms with Crippen molar-refractivity contribution in [3.05, 3.63) is 24.3 Å². The number of hydrogen-bond acceptors (Lipinski definition) is 8. The molecule has 0 radical (unpaired) electrons. The van der Waals surface area contributed by atoms with Crippen LogP contribution in [0.5, 0.6) is 0 Å². The van der Waals surface area contributed by atoms with Crippen molar-refractivity contribution in [3.63, 3.8) is 0 Å². The quantitative estimate of drug-likeness (QED) is 0.123. The molecule has 5 atom stereocenters. The van der Waals surface area contributed by atoms with Gasteiger partial charge in [0.15, 0.2) is 0 Å². The number of hydrogen-bond donors (Lipinski definition) is 8. The van der Waals surface area contributed by atoms with Crippen molar-refractivity contribution in [3.8, 4) is 0 Å². The lowest BCUT2D eigenvalue weighted by atomic mass is 9.88. The molecule has 1 aliphatic rings. The van der Waals surface area contributed by atoms with Gasteiger partial charge in [-0.25, -0.2) is 0 Å². The van der Waals surface area contributed by atoms with Gasteiger partial charge in [0.05, 0.1) is 43.2 Å². The molecule has 0 unspecified atom stereocenters. The van der Waals surface area contributed by atoms with Crippen molar-refractivity contribution in [1.82, 2.24) is 0 Å². The molecular weight excluding hydrogens is 442 g/mol. The van der Waals surface area contributed by atoms with Crippen LogP contribution in [0, 0.1) is 11.8 Å². The Hall–Kier alpha value is -1.33. The lowest BCUT2D eigenvalue weighted by molar-refractivity contribution is -0.137. The van der Waals surface area contributed by atoms with Crippen molar-refractivity contribution >= 4 is 5.97 Å². The van der Waals surface area contributed by atoms with Gasteiger partial charge in [0.25, 0.3) is 0 Å². The third kappa shape index (κ3) is 13.5. The summed E-state index contributed by atoms with van der Waals surface area (Å²) in [4.78, 5) is 10.5. The molecule has 1 rings (SSSR count). The first kappa shape index (κ1) is 32.7. The number of aliphatic hydroxyl groups is 6. The molecule has 9 heteroatoms. The van der Waals surface area contributed by atoms with Crippen LogP contribution in [0.4, 0.5) is 0 Å². The molecule has 0 saturated heterocycles. The van der Waals surface area contributed by atoms with Crippen molar-refractivity contribution in [2.75, 3.05) is 19.8 Å². The summed E-state index contributed by atoms with van der Waals surface area (Å²) in [6.07, 6.45) is 12.7. The van der Waals surface area contributed by atoms with Gasteiger partial charge < -0.3 is 41.5 Å². The van der Waals surface area contributed by atoms with Crippen LogP contribution in [0.25, 0.3) is 0 Å². The molecule has 0 heterocycles. The summed E-state index contributed by atoms with van der Waals surface area (Å²) >= 11 is 0. The summed E-state index contributed by atoms with van der Waals surface area (Å²) in [7, 11) is 0. The Bertz CT molecular complexity index is 595. The second kappa shape index (κ2) is 17.2.